The van der Waals surface area contributed by atoms with Crippen molar-refractivity contribution >= 4 is 12.0 Å². The number of carbonyl (C=O) groups excluding carboxylic acids is 1. The molecule has 0 aliphatic heterocycles. The monoisotopic (exact) mass is 248 g/mol. The molecule has 2 heterocycles. The van der Waals surface area contributed by atoms with Gasteiger partial charge in [-0.3, -0.25) is 19.7 Å². The van der Waals surface area contributed by atoms with Crippen LogP contribution < -0.4 is 5.56 Å². The third-order valence-electron chi connectivity index (χ3n) is 2.32. The molecular weight excluding hydrogens is 240 g/mol. The maximum Gasteiger partial charge on any atom is 0.334 e. The molecule has 0 aliphatic rings. The van der Waals surface area contributed by atoms with Gasteiger partial charge in [0.25, 0.3) is 0 Å². The minimum absolute atomic E-state index is 0.0361. The van der Waals surface area contributed by atoms with Crippen LogP contribution in [-0.2, 0) is 6.54 Å². The Hall–Kier alpha value is -2.70. The standard InChI is InChI=1S/C11H8N2O5/c14-7-9-4-3-8(18-9)6-12-5-1-2-10(11(12)15)13(16)17/h1-5,7H,6H2. The number of hydrogen-bond donors (Lipinski definition) is 0. The predicted molar refractivity (Wildman–Crippen MR) is 60.6 cm³/mol. The minimum Gasteiger partial charge on any atom is -0.456 e. The van der Waals surface area contributed by atoms with Crippen LogP contribution in [0.5, 0.6) is 0 Å². The lowest BCUT2D eigenvalue weighted by atomic mass is 10.3. The van der Waals surface area contributed by atoms with Crippen molar-refractivity contribution in [2.45, 2.75) is 6.54 Å². The zero-order chi connectivity index (χ0) is 13.1. The molecule has 0 saturated carbocycles. The van der Waals surface area contributed by atoms with Crippen LogP contribution in [0.1, 0.15) is 16.3 Å². The molecular formula is C11H8N2O5. The van der Waals surface area contributed by atoms with Crippen molar-refractivity contribution in [2.24, 2.45) is 0 Å². The Kier molecular flexibility index (Phi) is 3.05. The first kappa shape index (κ1) is 11.8. The molecule has 0 aromatic carbocycles. The van der Waals surface area contributed by atoms with Crippen LogP contribution in [0.4, 0.5) is 5.69 Å². The normalized spacial score (nSPS) is 10.2. The summed E-state index contributed by atoms with van der Waals surface area (Å²) >= 11 is 0. The Bertz CT molecular complexity index is 655. The Morgan fingerprint density at radius 2 is 2.17 bits per heavy atom. The second-order valence-electron chi connectivity index (χ2n) is 3.51. The van der Waals surface area contributed by atoms with Crippen molar-refractivity contribution in [3.8, 4) is 0 Å². The van der Waals surface area contributed by atoms with Crippen molar-refractivity contribution in [3.05, 3.63) is 62.5 Å². The molecule has 2 aromatic rings. The number of pyridine rings is 1. The Morgan fingerprint density at radius 3 is 2.78 bits per heavy atom. The average Bonchev–Trinajstić information content (AvgIpc) is 2.79. The molecule has 7 nitrogen and oxygen atoms in total. The Morgan fingerprint density at radius 1 is 1.39 bits per heavy atom. The number of carbonyl (C=O) groups is 1. The predicted octanol–water partition coefficient (Wildman–Crippen LogP) is 1.21. The van der Waals surface area contributed by atoms with E-state index in [4.69, 9.17) is 4.42 Å². The van der Waals surface area contributed by atoms with E-state index in [0.717, 1.165) is 10.6 Å². The fourth-order valence-electron chi connectivity index (χ4n) is 1.50. The van der Waals surface area contributed by atoms with Crippen molar-refractivity contribution in [1.29, 1.82) is 0 Å². The zero-order valence-corrected chi connectivity index (χ0v) is 9.11. The SMILES string of the molecule is O=Cc1ccc(Cn2cccc([N+](=O)[O-])c2=O)o1. The number of nitrogens with zero attached hydrogens (tertiary/aromatic N) is 2. The number of aromatic nitrogens is 1. The van der Waals surface area contributed by atoms with Crippen LogP contribution in [0.3, 0.4) is 0 Å². The largest absolute Gasteiger partial charge is 0.456 e. The molecule has 0 bridgehead atoms. The summed E-state index contributed by atoms with van der Waals surface area (Å²) in [4.78, 5) is 32.0. The summed E-state index contributed by atoms with van der Waals surface area (Å²) in [6.45, 7) is 0.0361. The van der Waals surface area contributed by atoms with Gasteiger partial charge >= 0.3 is 11.2 Å². The molecule has 2 aromatic heterocycles. The summed E-state index contributed by atoms with van der Waals surface area (Å²) < 4.78 is 6.24. The van der Waals surface area contributed by atoms with Gasteiger partial charge in [0.2, 0.25) is 0 Å². The Balaban J connectivity index is 2.35. The van der Waals surface area contributed by atoms with Gasteiger partial charge in [0, 0.05) is 12.3 Å². The molecule has 0 fully saturated rings. The average molecular weight is 248 g/mol. The quantitative estimate of drug-likeness (QED) is 0.460. The number of rotatable bonds is 4. The van der Waals surface area contributed by atoms with Gasteiger partial charge in [0.05, 0.1) is 11.5 Å². The summed E-state index contributed by atoms with van der Waals surface area (Å²) in [6, 6.07) is 5.54. The van der Waals surface area contributed by atoms with Crippen molar-refractivity contribution in [2.75, 3.05) is 0 Å². The maximum atomic E-state index is 11.7. The summed E-state index contributed by atoms with van der Waals surface area (Å²) in [5, 5.41) is 10.6. The van der Waals surface area contributed by atoms with Crippen molar-refractivity contribution in [1.82, 2.24) is 4.57 Å². The second kappa shape index (κ2) is 4.66. The van der Waals surface area contributed by atoms with E-state index in [1.165, 1.54) is 24.4 Å². The Labute approximate surface area is 100 Å². The summed E-state index contributed by atoms with van der Waals surface area (Å²) in [5.74, 6) is 0.517. The number of aldehydes is 1. The number of furan rings is 1. The molecule has 92 valence electrons. The molecule has 7 heteroatoms. The molecule has 0 unspecified atom stereocenters. The lowest BCUT2D eigenvalue weighted by Crippen LogP contribution is -2.22. The van der Waals surface area contributed by atoms with Crippen LogP contribution >= 0.6 is 0 Å². The van der Waals surface area contributed by atoms with Crippen LogP contribution in [0, 0.1) is 10.1 Å². The first-order valence-electron chi connectivity index (χ1n) is 4.99. The van der Waals surface area contributed by atoms with E-state index >= 15 is 0 Å². The fraction of sp³-hybridized carbons (Fsp3) is 0.0909. The zero-order valence-electron chi connectivity index (χ0n) is 9.11. The highest BCUT2D eigenvalue weighted by molar-refractivity contribution is 5.70. The number of hydrogen-bond acceptors (Lipinski definition) is 5. The van der Waals surface area contributed by atoms with E-state index in [-0.39, 0.29) is 12.3 Å². The van der Waals surface area contributed by atoms with Crippen LogP contribution in [0.2, 0.25) is 0 Å². The lowest BCUT2D eigenvalue weighted by Gasteiger charge is -2.02. The van der Waals surface area contributed by atoms with Gasteiger partial charge in [-0.25, -0.2) is 0 Å². The third-order valence-corrected chi connectivity index (χ3v) is 2.32. The highest BCUT2D eigenvalue weighted by Crippen LogP contribution is 2.08. The molecule has 0 saturated heterocycles. The van der Waals surface area contributed by atoms with Gasteiger partial charge < -0.3 is 8.98 Å². The molecule has 0 radical (unpaired) electrons. The van der Waals surface area contributed by atoms with E-state index in [2.05, 4.69) is 0 Å². The smallest absolute Gasteiger partial charge is 0.334 e. The summed E-state index contributed by atoms with van der Waals surface area (Å²) in [7, 11) is 0. The van der Waals surface area contributed by atoms with E-state index < -0.39 is 16.2 Å². The van der Waals surface area contributed by atoms with Crippen LogP contribution in [0.15, 0.2) is 39.7 Å². The molecule has 0 aliphatic carbocycles. The van der Waals surface area contributed by atoms with Crippen molar-refractivity contribution < 1.29 is 14.1 Å². The highest BCUT2D eigenvalue weighted by atomic mass is 16.6. The molecule has 0 atom stereocenters. The summed E-state index contributed by atoms with van der Waals surface area (Å²) in [6.07, 6.45) is 1.96. The second-order valence-corrected chi connectivity index (χ2v) is 3.51. The molecule has 0 N–H and O–H groups in total. The molecule has 0 amide bonds. The van der Waals surface area contributed by atoms with Gasteiger partial charge in [-0.05, 0) is 18.2 Å². The first-order valence-corrected chi connectivity index (χ1v) is 4.99. The fourth-order valence-corrected chi connectivity index (χ4v) is 1.50. The van der Waals surface area contributed by atoms with Gasteiger partial charge in [0.15, 0.2) is 12.0 Å². The van der Waals surface area contributed by atoms with Gasteiger partial charge in [-0.2, -0.15) is 0 Å². The van der Waals surface area contributed by atoms with Crippen LogP contribution in [-0.4, -0.2) is 15.8 Å². The van der Waals surface area contributed by atoms with Gasteiger partial charge in [-0.15, -0.1) is 0 Å². The van der Waals surface area contributed by atoms with E-state index in [9.17, 15) is 19.7 Å². The van der Waals surface area contributed by atoms with Gasteiger partial charge in [0.1, 0.15) is 5.76 Å². The molecule has 0 spiro atoms. The van der Waals surface area contributed by atoms with E-state index in [1.54, 1.807) is 0 Å². The third kappa shape index (κ3) is 2.19. The summed E-state index contributed by atoms with van der Waals surface area (Å²) in [5.41, 5.74) is -1.22. The van der Waals surface area contributed by atoms with E-state index in [0.29, 0.717) is 12.0 Å². The minimum atomic E-state index is -0.738. The van der Waals surface area contributed by atoms with Crippen molar-refractivity contribution in [3.63, 3.8) is 0 Å². The molecule has 18 heavy (non-hydrogen) atoms. The lowest BCUT2D eigenvalue weighted by molar-refractivity contribution is -0.386. The number of nitro groups is 1. The van der Waals surface area contributed by atoms with E-state index in [1.807, 2.05) is 0 Å². The first-order chi connectivity index (χ1) is 8.61. The van der Waals surface area contributed by atoms with Gasteiger partial charge in [-0.1, -0.05) is 0 Å². The molecule has 2 rings (SSSR count). The topological polar surface area (TPSA) is 95.4 Å². The maximum absolute atomic E-state index is 11.7. The van der Waals surface area contributed by atoms with Crippen LogP contribution in [0.25, 0.3) is 0 Å². The highest BCUT2D eigenvalue weighted by Gasteiger charge is 2.14.